The number of ether oxygens (including phenoxy) is 1. The first-order valence-corrected chi connectivity index (χ1v) is 9.71. The maximum absolute atomic E-state index is 12.9. The topological polar surface area (TPSA) is 83.2 Å². The van der Waals surface area contributed by atoms with Crippen LogP contribution in [0.1, 0.15) is 31.2 Å². The number of methoxy groups -OCH3 is 1. The number of rotatable bonds is 8. The van der Waals surface area contributed by atoms with E-state index in [-0.39, 0.29) is 11.3 Å². The van der Waals surface area contributed by atoms with Gasteiger partial charge >= 0.3 is 0 Å². The number of benzene rings is 1. The summed E-state index contributed by atoms with van der Waals surface area (Å²) >= 11 is 0. The van der Waals surface area contributed by atoms with Gasteiger partial charge in [0, 0.05) is 13.1 Å². The lowest BCUT2D eigenvalue weighted by molar-refractivity contribution is -0.140. The van der Waals surface area contributed by atoms with E-state index >= 15 is 0 Å². The first-order chi connectivity index (χ1) is 14.0. The molecule has 1 aromatic heterocycles. The molecule has 3 rings (SSSR count). The maximum Gasteiger partial charge on any atom is 0.295 e. The number of likely N-dealkylation sites (N-methyl/N-ethyl adjacent to an activating group) is 1. The minimum atomic E-state index is -0.787. The van der Waals surface area contributed by atoms with Crippen LogP contribution in [0.15, 0.2) is 52.7 Å². The third kappa shape index (κ3) is 3.91. The molecule has 154 valence electrons. The molecule has 7 heteroatoms. The zero-order valence-corrected chi connectivity index (χ0v) is 16.9. The van der Waals surface area contributed by atoms with Crippen LogP contribution in [0.5, 0.6) is 5.75 Å². The highest BCUT2D eigenvalue weighted by Gasteiger charge is 2.47. The summed E-state index contributed by atoms with van der Waals surface area (Å²) in [5, 5.41) is 11.0. The van der Waals surface area contributed by atoms with Crippen molar-refractivity contribution in [2.75, 3.05) is 33.3 Å². The molecular formula is C22H26N2O5. The number of hydrogen-bond donors (Lipinski definition) is 1. The van der Waals surface area contributed by atoms with Gasteiger partial charge in [-0.25, -0.2) is 0 Å². The van der Waals surface area contributed by atoms with Gasteiger partial charge < -0.3 is 24.1 Å². The molecule has 0 spiro atoms. The number of aliphatic hydroxyl groups is 1. The van der Waals surface area contributed by atoms with Crippen molar-refractivity contribution >= 4 is 17.4 Å². The highest BCUT2D eigenvalue weighted by atomic mass is 16.5. The van der Waals surface area contributed by atoms with Crippen molar-refractivity contribution in [2.45, 2.75) is 19.9 Å². The Hall–Kier alpha value is -3.06. The van der Waals surface area contributed by atoms with Crippen LogP contribution in [0.25, 0.3) is 5.76 Å². The predicted octanol–water partition coefficient (Wildman–Crippen LogP) is 3.05. The van der Waals surface area contributed by atoms with Crippen LogP contribution in [-0.4, -0.2) is 59.9 Å². The zero-order valence-electron chi connectivity index (χ0n) is 16.9. The Morgan fingerprint density at radius 3 is 2.52 bits per heavy atom. The normalized spacial score (nSPS) is 18.6. The van der Waals surface area contributed by atoms with Gasteiger partial charge in [-0.15, -0.1) is 0 Å². The van der Waals surface area contributed by atoms with Gasteiger partial charge in [0.25, 0.3) is 11.7 Å². The van der Waals surface area contributed by atoms with Crippen LogP contribution in [0.4, 0.5) is 0 Å². The van der Waals surface area contributed by atoms with Crippen LogP contribution >= 0.6 is 0 Å². The molecule has 0 radical (unpaired) electrons. The number of hydrogen-bond acceptors (Lipinski definition) is 6. The molecule has 2 aromatic rings. The monoisotopic (exact) mass is 398 g/mol. The van der Waals surface area contributed by atoms with Crippen LogP contribution in [0.3, 0.4) is 0 Å². The average Bonchev–Trinajstić information content (AvgIpc) is 3.36. The Morgan fingerprint density at radius 1 is 1.17 bits per heavy atom. The van der Waals surface area contributed by atoms with Gasteiger partial charge in [0.15, 0.2) is 0 Å². The first kappa shape index (κ1) is 20.7. The van der Waals surface area contributed by atoms with Crippen LogP contribution in [0.2, 0.25) is 0 Å². The zero-order chi connectivity index (χ0) is 21.0. The lowest BCUT2D eigenvalue weighted by Gasteiger charge is -2.26. The molecule has 1 atom stereocenters. The lowest BCUT2D eigenvalue weighted by Crippen LogP contribution is -2.37. The molecule has 1 amide bonds. The van der Waals surface area contributed by atoms with Crippen LogP contribution in [-0.2, 0) is 9.59 Å². The lowest BCUT2D eigenvalue weighted by atomic mass is 9.99. The molecule has 1 aliphatic heterocycles. The van der Waals surface area contributed by atoms with Crippen LogP contribution in [0, 0.1) is 0 Å². The molecule has 7 nitrogen and oxygen atoms in total. The Morgan fingerprint density at radius 2 is 1.90 bits per heavy atom. The van der Waals surface area contributed by atoms with E-state index in [0.29, 0.717) is 30.2 Å². The summed E-state index contributed by atoms with van der Waals surface area (Å²) in [6.07, 6.45) is 1.49. The fourth-order valence-corrected chi connectivity index (χ4v) is 3.63. The van der Waals surface area contributed by atoms with Gasteiger partial charge in [-0.2, -0.15) is 0 Å². The third-order valence-corrected chi connectivity index (χ3v) is 5.27. The van der Waals surface area contributed by atoms with E-state index in [1.54, 1.807) is 36.4 Å². The molecule has 1 aromatic carbocycles. The second kappa shape index (κ2) is 8.96. The van der Waals surface area contributed by atoms with Crippen LogP contribution < -0.4 is 4.74 Å². The molecule has 0 saturated carbocycles. The van der Waals surface area contributed by atoms with Crippen molar-refractivity contribution in [3.05, 3.63) is 59.6 Å². The summed E-state index contributed by atoms with van der Waals surface area (Å²) in [5.41, 5.74) is 0.363. The number of Topliss-reactive ketones (excluding diaryl/α,β-unsaturated/α-hetero) is 1. The van der Waals surface area contributed by atoms with Gasteiger partial charge in [0.05, 0.1) is 24.5 Å². The number of ketones is 1. The van der Waals surface area contributed by atoms with E-state index in [4.69, 9.17) is 9.15 Å². The highest BCUT2D eigenvalue weighted by Crippen LogP contribution is 2.40. The number of carbonyl (C=O) groups excluding carboxylic acids is 2. The second-order valence-electron chi connectivity index (χ2n) is 6.74. The number of carbonyl (C=O) groups is 2. The van der Waals surface area contributed by atoms with E-state index in [0.717, 1.165) is 13.1 Å². The molecule has 1 N–H and O–H groups in total. The largest absolute Gasteiger partial charge is 0.507 e. The molecule has 29 heavy (non-hydrogen) atoms. The van der Waals surface area contributed by atoms with Crippen molar-refractivity contribution in [2.24, 2.45) is 0 Å². The Balaban J connectivity index is 2.08. The second-order valence-corrected chi connectivity index (χ2v) is 6.74. The molecule has 2 heterocycles. The summed E-state index contributed by atoms with van der Waals surface area (Å²) in [6, 6.07) is 9.45. The van der Waals surface area contributed by atoms with E-state index < -0.39 is 17.7 Å². The van der Waals surface area contributed by atoms with E-state index in [1.165, 1.54) is 18.3 Å². The fraction of sp³-hybridized carbons (Fsp3) is 0.364. The molecule has 1 saturated heterocycles. The number of aliphatic hydroxyl groups excluding tert-OH is 1. The van der Waals surface area contributed by atoms with Crippen molar-refractivity contribution < 1.29 is 23.8 Å². The molecular weight excluding hydrogens is 372 g/mol. The van der Waals surface area contributed by atoms with Gasteiger partial charge in [-0.1, -0.05) is 26.0 Å². The quantitative estimate of drug-likeness (QED) is 0.418. The molecule has 0 aliphatic carbocycles. The fourth-order valence-electron chi connectivity index (χ4n) is 3.63. The van der Waals surface area contributed by atoms with Gasteiger partial charge in [0.1, 0.15) is 23.3 Å². The summed E-state index contributed by atoms with van der Waals surface area (Å²) in [4.78, 5) is 29.4. The number of furan rings is 1. The summed E-state index contributed by atoms with van der Waals surface area (Å²) in [5.74, 6) is -0.797. The van der Waals surface area contributed by atoms with Gasteiger partial charge in [-0.05, 0) is 37.4 Å². The van der Waals surface area contributed by atoms with E-state index in [1.807, 2.05) is 13.8 Å². The molecule has 1 unspecified atom stereocenters. The summed E-state index contributed by atoms with van der Waals surface area (Å²) < 4.78 is 10.9. The first-order valence-electron chi connectivity index (χ1n) is 9.71. The number of para-hydroxylation sites is 1. The van der Waals surface area contributed by atoms with Crippen molar-refractivity contribution in [3.63, 3.8) is 0 Å². The Bertz CT molecular complexity index is 900. The van der Waals surface area contributed by atoms with Crippen molar-refractivity contribution in [1.29, 1.82) is 0 Å². The van der Waals surface area contributed by atoms with Gasteiger partial charge in [-0.3, -0.25) is 9.59 Å². The number of nitrogens with zero attached hydrogens (tertiary/aromatic N) is 2. The van der Waals surface area contributed by atoms with Gasteiger partial charge in [0.2, 0.25) is 0 Å². The molecule has 1 aliphatic rings. The van der Waals surface area contributed by atoms with E-state index in [2.05, 4.69) is 4.90 Å². The minimum Gasteiger partial charge on any atom is -0.507 e. The number of likely N-dealkylation sites (tertiary alicyclic amines) is 1. The summed E-state index contributed by atoms with van der Waals surface area (Å²) in [6.45, 7) is 6.74. The average molecular weight is 398 g/mol. The molecule has 1 fully saturated rings. The number of amides is 1. The third-order valence-electron chi connectivity index (χ3n) is 5.27. The summed E-state index contributed by atoms with van der Waals surface area (Å²) in [7, 11) is 1.48. The minimum absolute atomic E-state index is 0.00833. The predicted molar refractivity (Wildman–Crippen MR) is 108 cm³/mol. The highest BCUT2D eigenvalue weighted by molar-refractivity contribution is 6.46. The SMILES string of the molecule is CCN(CC)CCN1C(=O)C(=O)/C(=C(/O)c2ccccc2OC)C1c1ccco1. The van der Waals surface area contributed by atoms with E-state index in [9.17, 15) is 14.7 Å². The maximum atomic E-state index is 12.9. The Kier molecular flexibility index (Phi) is 6.39. The molecule has 0 bridgehead atoms. The smallest absolute Gasteiger partial charge is 0.295 e. The van der Waals surface area contributed by atoms with Crippen molar-refractivity contribution in [1.82, 2.24) is 9.80 Å². The van der Waals surface area contributed by atoms with Crippen molar-refractivity contribution in [3.8, 4) is 5.75 Å². The Labute approximate surface area is 170 Å². The standard InChI is InChI=1S/C22H26N2O5/c1-4-23(5-2)12-13-24-19(17-11-8-14-29-17)18(21(26)22(24)27)20(25)15-9-6-7-10-16(15)28-3/h6-11,14,19,25H,4-5,12-13H2,1-3H3/b20-18+.